The molecule has 3 nitrogen and oxygen atoms in total. The number of nitrogens with zero attached hydrogens (tertiary/aromatic N) is 1. The van der Waals surface area contributed by atoms with E-state index in [4.69, 9.17) is 5.73 Å². The molecule has 0 heterocycles. The standard InChI is InChI=1S/C15H25N3/c1-5-9-17-14(16)18-11-15(3,4)13-8-6-7-12(2)10-13/h6-8,10H,5,9,11H2,1-4H3,(H3,16,17,18). The lowest BCUT2D eigenvalue weighted by atomic mass is 9.84. The summed E-state index contributed by atoms with van der Waals surface area (Å²) in [6.07, 6.45) is 1.05. The molecule has 3 N–H and O–H groups in total. The van der Waals surface area contributed by atoms with Gasteiger partial charge in [-0.05, 0) is 18.9 Å². The van der Waals surface area contributed by atoms with Crippen LogP contribution in [0.1, 0.15) is 38.3 Å². The van der Waals surface area contributed by atoms with Gasteiger partial charge in [-0.15, -0.1) is 0 Å². The van der Waals surface area contributed by atoms with Gasteiger partial charge in [0.05, 0.1) is 6.54 Å². The zero-order valence-corrected chi connectivity index (χ0v) is 12.0. The van der Waals surface area contributed by atoms with E-state index in [9.17, 15) is 0 Å². The first kappa shape index (κ1) is 14.6. The normalized spacial score (nSPS) is 12.6. The van der Waals surface area contributed by atoms with E-state index in [1.54, 1.807) is 0 Å². The second-order valence-corrected chi connectivity index (χ2v) is 5.38. The van der Waals surface area contributed by atoms with E-state index < -0.39 is 0 Å². The van der Waals surface area contributed by atoms with Crippen molar-refractivity contribution in [3.8, 4) is 0 Å². The van der Waals surface area contributed by atoms with Gasteiger partial charge in [-0.3, -0.25) is 4.99 Å². The number of aryl methyl sites for hydroxylation is 1. The number of nitrogens with one attached hydrogen (secondary N) is 1. The molecular formula is C15H25N3. The monoisotopic (exact) mass is 247 g/mol. The fourth-order valence-electron chi connectivity index (χ4n) is 1.75. The van der Waals surface area contributed by atoms with E-state index in [0.717, 1.165) is 13.0 Å². The van der Waals surface area contributed by atoms with Gasteiger partial charge in [0.2, 0.25) is 0 Å². The molecule has 1 aromatic carbocycles. The maximum atomic E-state index is 5.81. The predicted molar refractivity (Wildman–Crippen MR) is 79.0 cm³/mol. The largest absolute Gasteiger partial charge is 0.370 e. The summed E-state index contributed by atoms with van der Waals surface area (Å²) in [6, 6.07) is 8.57. The summed E-state index contributed by atoms with van der Waals surface area (Å²) in [6.45, 7) is 10.2. The van der Waals surface area contributed by atoms with Crippen molar-refractivity contribution in [2.45, 2.75) is 39.5 Å². The summed E-state index contributed by atoms with van der Waals surface area (Å²) in [7, 11) is 0. The Morgan fingerprint density at radius 1 is 1.39 bits per heavy atom. The smallest absolute Gasteiger partial charge is 0.188 e. The molecular weight excluding hydrogens is 222 g/mol. The lowest BCUT2D eigenvalue weighted by Crippen LogP contribution is -2.34. The van der Waals surface area contributed by atoms with Gasteiger partial charge in [0.1, 0.15) is 0 Å². The molecule has 18 heavy (non-hydrogen) atoms. The zero-order valence-electron chi connectivity index (χ0n) is 12.0. The molecule has 0 saturated carbocycles. The van der Waals surface area contributed by atoms with Gasteiger partial charge in [0.25, 0.3) is 0 Å². The van der Waals surface area contributed by atoms with Crippen molar-refractivity contribution in [1.82, 2.24) is 5.32 Å². The third-order valence-corrected chi connectivity index (χ3v) is 3.00. The molecule has 1 aromatic rings. The van der Waals surface area contributed by atoms with Crippen molar-refractivity contribution < 1.29 is 0 Å². The summed E-state index contributed by atoms with van der Waals surface area (Å²) < 4.78 is 0. The number of hydrogen-bond acceptors (Lipinski definition) is 1. The van der Waals surface area contributed by atoms with Crippen molar-refractivity contribution in [2.24, 2.45) is 10.7 Å². The van der Waals surface area contributed by atoms with Crippen molar-refractivity contribution >= 4 is 5.96 Å². The Bertz CT molecular complexity index is 408. The molecule has 1 rings (SSSR count). The maximum absolute atomic E-state index is 5.81. The molecule has 0 aromatic heterocycles. The number of hydrogen-bond donors (Lipinski definition) is 2. The van der Waals surface area contributed by atoms with Crippen LogP contribution in [0.15, 0.2) is 29.3 Å². The average Bonchev–Trinajstić information content (AvgIpc) is 2.34. The highest BCUT2D eigenvalue weighted by Gasteiger charge is 2.20. The Balaban J connectivity index is 2.70. The van der Waals surface area contributed by atoms with E-state index in [1.807, 2.05) is 0 Å². The number of benzene rings is 1. The first-order valence-electron chi connectivity index (χ1n) is 6.56. The Kier molecular flexibility index (Phi) is 5.20. The molecule has 0 atom stereocenters. The Hall–Kier alpha value is -1.51. The van der Waals surface area contributed by atoms with Gasteiger partial charge >= 0.3 is 0 Å². The van der Waals surface area contributed by atoms with Crippen molar-refractivity contribution in [3.05, 3.63) is 35.4 Å². The van der Waals surface area contributed by atoms with Crippen LogP contribution in [-0.2, 0) is 5.41 Å². The van der Waals surface area contributed by atoms with Crippen LogP contribution in [0.4, 0.5) is 0 Å². The minimum atomic E-state index is 0.00450. The van der Waals surface area contributed by atoms with E-state index in [1.165, 1.54) is 11.1 Å². The van der Waals surface area contributed by atoms with Crippen LogP contribution < -0.4 is 11.1 Å². The second-order valence-electron chi connectivity index (χ2n) is 5.38. The Morgan fingerprint density at radius 3 is 2.72 bits per heavy atom. The molecule has 0 aliphatic heterocycles. The molecule has 0 spiro atoms. The number of nitrogens with two attached hydrogens (primary N) is 1. The fourth-order valence-corrected chi connectivity index (χ4v) is 1.75. The summed E-state index contributed by atoms with van der Waals surface area (Å²) in [5.74, 6) is 0.539. The van der Waals surface area contributed by atoms with Crippen LogP contribution in [0.5, 0.6) is 0 Å². The van der Waals surface area contributed by atoms with Crippen LogP contribution in [0.3, 0.4) is 0 Å². The van der Waals surface area contributed by atoms with Crippen molar-refractivity contribution in [3.63, 3.8) is 0 Å². The first-order chi connectivity index (χ1) is 8.45. The van der Waals surface area contributed by atoms with E-state index in [2.05, 4.69) is 62.3 Å². The van der Waals surface area contributed by atoms with Crippen molar-refractivity contribution in [1.29, 1.82) is 0 Å². The third kappa shape index (κ3) is 4.40. The molecule has 0 unspecified atom stereocenters. The molecule has 0 bridgehead atoms. The summed E-state index contributed by atoms with van der Waals surface area (Å²) in [5, 5.41) is 3.10. The lowest BCUT2D eigenvalue weighted by molar-refractivity contribution is 0.538. The van der Waals surface area contributed by atoms with Gasteiger partial charge in [0.15, 0.2) is 5.96 Å². The highest BCUT2D eigenvalue weighted by atomic mass is 15.1. The summed E-state index contributed by atoms with van der Waals surface area (Å²) >= 11 is 0. The molecule has 0 aliphatic rings. The Labute approximate surface area is 111 Å². The maximum Gasteiger partial charge on any atom is 0.188 e. The van der Waals surface area contributed by atoms with Gasteiger partial charge in [-0.25, -0.2) is 0 Å². The Morgan fingerprint density at radius 2 is 2.11 bits per heavy atom. The van der Waals surface area contributed by atoms with Crippen LogP contribution >= 0.6 is 0 Å². The SMILES string of the molecule is CCCNC(N)=NCC(C)(C)c1cccc(C)c1. The number of rotatable bonds is 5. The second kappa shape index (κ2) is 6.43. The molecule has 0 saturated heterocycles. The number of aliphatic imine (C=N–C) groups is 1. The molecule has 0 amide bonds. The summed E-state index contributed by atoms with van der Waals surface area (Å²) in [4.78, 5) is 4.42. The minimum Gasteiger partial charge on any atom is -0.370 e. The average molecular weight is 247 g/mol. The zero-order chi connectivity index (χ0) is 13.6. The van der Waals surface area contributed by atoms with Gasteiger partial charge < -0.3 is 11.1 Å². The number of guanidine groups is 1. The van der Waals surface area contributed by atoms with Crippen LogP contribution in [0, 0.1) is 6.92 Å². The quantitative estimate of drug-likeness (QED) is 0.620. The van der Waals surface area contributed by atoms with Gasteiger partial charge in [-0.2, -0.15) is 0 Å². The molecule has 3 heteroatoms. The fraction of sp³-hybridized carbons (Fsp3) is 0.533. The minimum absolute atomic E-state index is 0.00450. The van der Waals surface area contributed by atoms with Crippen LogP contribution in [0.2, 0.25) is 0 Å². The van der Waals surface area contributed by atoms with Crippen LogP contribution in [-0.4, -0.2) is 19.0 Å². The topological polar surface area (TPSA) is 50.4 Å². The van der Waals surface area contributed by atoms with Gasteiger partial charge in [-0.1, -0.05) is 50.6 Å². The van der Waals surface area contributed by atoms with E-state index in [0.29, 0.717) is 12.5 Å². The molecule has 0 aliphatic carbocycles. The predicted octanol–water partition coefficient (Wildman–Crippen LogP) is 2.59. The van der Waals surface area contributed by atoms with E-state index >= 15 is 0 Å². The summed E-state index contributed by atoms with van der Waals surface area (Å²) in [5.41, 5.74) is 8.40. The molecule has 100 valence electrons. The van der Waals surface area contributed by atoms with E-state index in [-0.39, 0.29) is 5.41 Å². The highest BCUT2D eigenvalue weighted by molar-refractivity contribution is 5.77. The first-order valence-corrected chi connectivity index (χ1v) is 6.56. The van der Waals surface area contributed by atoms with Crippen LogP contribution in [0.25, 0.3) is 0 Å². The van der Waals surface area contributed by atoms with Crippen molar-refractivity contribution in [2.75, 3.05) is 13.1 Å². The third-order valence-electron chi connectivity index (χ3n) is 3.00. The highest BCUT2D eigenvalue weighted by Crippen LogP contribution is 2.24. The molecule has 0 fully saturated rings. The molecule has 0 radical (unpaired) electrons. The van der Waals surface area contributed by atoms with Gasteiger partial charge in [0, 0.05) is 12.0 Å². The lowest BCUT2D eigenvalue weighted by Gasteiger charge is -2.23.